The van der Waals surface area contributed by atoms with Gasteiger partial charge in [-0.3, -0.25) is 0 Å². The lowest BCUT2D eigenvalue weighted by molar-refractivity contribution is 0.00578. The van der Waals surface area contributed by atoms with E-state index < -0.39 is 0 Å². The Labute approximate surface area is 115 Å². The molecule has 1 heterocycles. The second-order valence-electron chi connectivity index (χ2n) is 5.83. The zero-order valence-corrected chi connectivity index (χ0v) is 12.5. The molecule has 1 aliphatic heterocycles. The summed E-state index contributed by atoms with van der Waals surface area (Å²) in [5, 5.41) is 0.735. The van der Waals surface area contributed by atoms with E-state index in [-0.39, 0.29) is 18.3 Å². The maximum absolute atomic E-state index is 6.14. The summed E-state index contributed by atoms with van der Waals surface area (Å²) in [6, 6.07) is 6.01. The first-order valence-corrected chi connectivity index (χ1v) is 6.78. The molecule has 0 saturated carbocycles. The van der Waals surface area contributed by atoms with Crippen LogP contribution in [0.4, 0.5) is 0 Å². The highest BCUT2D eigenvalue weighted by Crippen LogP contribution is 2.36. The molecular formula is C14H20BClO2. The molecule has 2 rings (SSSR count). The zero-order chi connectivity index (χ0) is 13.6. The van der Waals surface area contributed by atoms with Crippen molar-refractivity contribution in [3.63, 3.8) is 0 Å². The van der Waals surface area contributed by atoms with Crippen molar-refractivity contribution < 1.29 is 9.31 Å². The van der Waals surface area contributed by atoms with Gasteiger partial charge in [0.05, 0.1) is 11.2 Å². The lowest BCUT2D eigenvalue weighted by Crippen LogP contribution is -2.41. The monoisotopic (exact) mass is 266 g/mol. The third-order valence-electron chi connectivity index (χ3n) is 3.91. The Bertz CT molecular complexity index is 441. The van der Waals surface area contributed by atoms with E-state index in [9.17, 15) is 0 Å². The van der Waals surface area contributed by atoms with Gasteiger partial charge in [0, 0.05) is 5.02 Å². The summed E-state index contributed by atoms with van der Waals surface area (Å²) in [5.74, 6) is 0. The van der Waals surface area contributed by atoms with Crippen molar-refractivity contribution in [2.24, 2.45) is 0 Å². The SMILES string of the molecule is CCc1cc(Cl)cc(B2OC(C)(C)C(C)(C)O2)c1. The lowest BCUT2D eigenvalue weighted by atomic mass is 9.78. The molecular weight excluding hydrogens is 246 g/mol. The predicted octanol–water partition coefficient (Wildman–Crippen LogP) is 3.20. The molecule has 0 atom stereocenters. The van der Waals surface area contributed by atoms with Gasteiger partial charge in [-0.25, -0.2) is 0 Å². The van der Waals surface area contributed by atoms with Gasteiger partial charge >= 0.3 is 7.12 Å². The highest BCUT2D eigenvalue weighted by atomic mass is 35.5. The van der Waals surface area contributed by atoms with Gasteiger partial charge in [0.1, 0.15) is 0 Å². The van der Waals surface area contributed by atoms with Gasteiger partial charge in [-0.2, -0.15) is 0 Å². The van der Waals surface area contributed by atoms with Crippen molar-refractivity contribution in [2.75, 3.05) is 0 Å². The van der Waals surface area contributed by atoms with Gasteiger partial charge in [-0.15, -0.1) is 0 Å². The Morgan fingerprint density at radius 3 is 2.11 bits per heavy atom. The molecule has 0 bridgehead atoms. The third kappa shape index (κ3) is 2.44. The van der Waals surface area contributed by atoms with E-state index in [0.717, 1.165) is 16.9 Å². The molecule has 1 aromatic rings. The molecule has 0 aromatic heterocycles. The maximum atomic E-state index is 6.14. The van der Waals surface area contributed by atoms with Gasteiger partial charge in [-0.1, -0.05) is 24.6 Å². The van der Waals surface area contributed by atoms with Crippen molar-refractivity contribution in [1.29, 1.82) is 0 Å². The zero-order valence-electron chi connectivity index (χ0n) is 11.7. The minimum atomic E-state index is -0.334. The van der Waals surface area contributed by atoms with Gasteiger partial charge in [0.25, 0.3) is 0 Å². The van der Waals surface area contributed by atoms with Crippen molar-refractivity contribution >= 4 is 24.2 Å². The number of rotatable bonds is 2. The summed E-state index contributed by atoms with van der Waals surface area (Å²) in [6.07, 6.45) is 0.951. The molecule has 0 aliphatic carbocycles. The van der Waals surface area contributed by atoms with Gasteiger partial charge in [0.15, 0.2) is 0 Å². The van der Waals surface area contributed by atoms with Crippen LogP contribution in [0.15, 0.2) is 18.2 Å². The molecule has 1 aliphatic rings. The van der Waals surface area contributed by atoms with Crippen LogP contribution in [0.25, 0.3) is 0 Å². The second-order valence-corrected chi connectivity index (χ2v) is 6.27. The van der Waals surface area contributed by atoms with Gasteiger partial charge in [-0.05, 0) is 57.3 Å². The van der Waals surface area contributed by atoms with Crippen LogP contribution in [0.1, 0.15) is 40.2 Å². The van der Waals surface area contributed by atoms with Crippen LogP contribution in [0.3, 0.4) is 0 Å². The quantitative estimate of drug-likeness (QED) is 0.765. The molecule has 1 aromatic carbocycles. The van der Waals surface area contributed by atoms with Crippen LogP contribution in [0.2, 0.25) is 5.02 Å². The van der Waals surface area contributed by atoms with Crippen molar-refractivity contribution in [3.8, 4) is 0 Å². The second kappa shape index (κ2) is 4.55. The van der Waals surface area contributed by atoms with E-state index in [1.165, 1.54) is 5.56 Å². The molecule has 0 radical (unpaired) electrons. The fraction of sp³-hybridized carbons (Fsp3) is 0.571. The van der Waals surface area contributed by atoms with Crippen molar-refractivity contribution in [1.82, 2.24) is 0 Å². The minimum absolute atomic E-state index is 0.313. The molecule has 0 spiro atoms. The average molecular weight is 267 g/mol. The maximum Gasteiger partial charge on any atom is 0.494 e. The first kappa shape index (κ1) is 13.9. The fourth-order valence-corrected chi connectivity index (χ4v) is 2.26. The molecule has 0 unspecified atom stereocenters. The van der Waals surface area contributed by atoms with Crippen molar-refractivity contribution in [2.45, 2.75) is 52.2 Å². The summed E-state index contributed by atoms with van der Waals surface area (Å²) < 4.78 is 12.0. The molecule has 98 valence electrons. The standard InChI is InChI=1S/C14H20BClO2/c1-6-10-7-11(9-12(16)8-10)15-17-13(2,3)14(4,5)18-15/h7-9H,6H2,1-5H3. The van der Waals surface area contributed by atoms with E-state index in [0.29, 0.717) is 0 Å². The molecule has 0 N–H and O–H groups in total. The highest BCUT2D eigenvalue weighted by Gasteiger charge is 2.51. The Hall–Kier alpha value is -0.505. The number of hydrogen-bond acceptors (Lipinski definition) is 2. The largest absolute Gasteiger partial charge is 0.494 e. The van der Waals surface area contributed by atoms with Crippen LogP contribution in [-0.2, 0) is 15.7 Å². The number of benzene rings is 1. The fourth-order valence-electron chi connectivity index (χ4n) is 1.99. The smallest absolute Gasteiger partial charge is 0.399 e. The first-order chi connectivity index (χ1) is 8.25. The molecule has 1 saturated heterocycles. The van der Waals surface area contributed by atoms with Gasteiger partial charge < -0.3 is 9.31 Å². The van der Waals surface area contributed by atoms with E-state index >= 15 is 0 Å². The topological polar surface area (TPSA) is 18.5 Å². The number of hydrogen-bond donors (Lipinski definition) is 0. The Kier molecular flexibility index (Phi) is 3.52. The average Bonchev–Trinajstić information content (AvgIpc) is 2.47. The van der Waals surface area contributed by atoms with E-state index in [4.69, 9.17) is 20.9 Å². The molecule has 0 amide bonds. The van der Waals surface area contributed by atoms with Crippen LogP contribution < -0.4 is 5.46 Å². The summed E-state index contributed by atoms with van der Waals surface area (Å²) in [6.45, 7) is 10.3. The molecule has 18 heavy (non-hydrogen) atoms. The Morgan fingerprint density at radius 2 is 1.61 bits per heavy atom. The van der Waals surface area contributed by atoms with Gasteiger partial charge in [0.2, 0.25) is 0 Å². The molecule has 1 fully saturated rings. The molecule has 4 heteroatoms. The normalized spacial score (nSPS) is 21.3. The van der Waals surface area contributed by atoms with Crippen LogP contribution in [0.5, 0.6) is 0 Å². The molecule has 2 nitrogen and oxygen atoms in total. The lowest BCUT2D eigenvalue weighted by Gasteiger charge is -2.32. The highest BCUT2D eigenvalue weighted by molar-refractivity contribution is 6.62. The number of aryl methyl sites for hydroxylation is 1. The summed E-state index contributed by atoms with van der Waals surface area (Å²) in [5.41, 5.74) is 1.57. The predicted molar refractivity (Wildman–Crippen MR) is 76.5 cm³/mol. The van der Waals surface area contributed by atoms with E-state index in [1.54, 1.807) is 0 Å². The summed E-state index contributed by atoms with van der Waals surface area (Å²) in [4.78, 5) is 0. The summed E-state index contributed by atoms with van der Waals surface area (Å²) >= 11 is 6.14. The van der Waals surface area contributed by atoms with Crippen molar-refractivity contribution in [3.05, 3.63) is 28.8 Å². The van der Waals surface area contributed by atoms with E-state index in [2.05, 4.69) is 40.7 Å². The first-order valence-electron chi connectivity index (χ1n) is 6.40. The third-order valence-corrected chi connectivity index (χ3v) is 4.13. The summed E-state index contributed by atoms with van der Waals surface area (Å²) in [7, 11) is -0.334. The minimum Gasteiger partial charge on any atom is -0.399 e. The Balaban J connectivity index is 2.32. The van der Waals surface area contributed by atoms with Crippen LogP contribution in [-0.4, -0.2) is 18.3 Å². The van der Waals surface area contributed by atoms with E-state index in [1.807, 2.05) is 12.1 Å². The van der Waals surface area contributed by atoms with Crippen LogP contribution >= 0.6 is 11.6 Å². The van der Waals surface area contributed by atoms with Crippen LogP contribution in [0, 0.1) is 0 Å². The number of halogens is 1. The Morgan fingerprint density at radius 1 is 1.06 bits per heavy atom.